The molecule has 78 valence electrons. The molecule has 0 saturated heterocycles. The van der Waals surface area contributed by atoms with E-state index in [0.29, 0.717) is 6.04 Å². The minimum Gasteiger partial charge on any atom is -0.309 e. The lowest BCUT2D eigenvalue weighted by molar-refractivity contribution is 0.293. The molecule has 1 aliphatic carbocycles. The molecule has 0 amide bonds. The van der Waals surface area contributed by atoms with Gasteiger partial charge in [-0.15, -0.1) is 11.3 Å². The van der Waals surface area contributed by atoms with Crippen LogP contribution in [0.5, 0.6) is 0 Å². The fourth-order valence-electron chi connectivity index (χ4n) is 1.86. The topological polar surface area (TPSA) is 24.9 Å². The van der Waals surface area contributed by atoms with E-state index in [0.717, 1.165) is 5.92 Å². The average molecular weight is 210 g/mol. The van der Waals surface area contributed by atoms with Crippen LogP contribution in [-0.2, 0) is 0 Å². The van der Waals surface area contributed by atoms with Crippen molar-refractivity contribution in [1.82, 2.24) is 10.3 Å². The van der Waals surface area contributed by atoms with Crippen LogP contribution in [0.4, 0.5) is 0 Å². The number of thiazole rings is 1. The molecule has 1 aromatic rings. The lowest BCUT2D eigenvalue weighted by Gasteiger charge is -2.27. The van der Waals surface area contributed by atoms with Crippen LogP contribution in [0.25, 0.3) is 0 Å². The molecule has 1 aromatic heterocycles. The summed E-state index contributed by atoms with van der Waals surface area (Å²) >= 11 is 1.76. The van der Waals surface area contributed by atoms with Gasteiger partial charge in [0.15, 0.2) is 0 Å². The second-order valence-corrected chi connectivity index (χ2v) is 5.12. The number of hydrogen-bond donors (Lipinski definition) is 1. The van der Waals surface area contributed by atoms with Gasteiger partial charge in [-0.05, 0) is 39.2 Å². The van der Waals surface area contributed by atoms with Gasteiger partial charge in [-0.2, -0.15) is 0 Å². The van der Waals surface area contributed by atoms with Gasteiger partial charge in [0.1, 0.15) is 0 Å². The largest absolute Gasteiger partial charge is 0.309 e. The summed E-state index contributed by atoms with van der Waals surface area (Å²) in [5, 5.41) is 3.60. The average Bonchev–Trinajstić information content (AvgIpc) is 2.48. The Hall–Kier alpha value is -0.410. The summed E-state index contributed by atoms with van der Waals surface area (Å²) in [6.45, 7) is 5.51. The molecule has 1 N–H and O–H groups in total. The summed E-state index contributed by atoms with van der Waals surface area (Å²) in [5.41, 5.74) is 3.12. The first-order valence-corrected chi connectivity index (χ1v) is 6.28. The van der Waals surface area contributed by atoms with Gasteiger partial charge in [0.25, 0.3) is 0 Å². The molecular formula is C11H18N2S. The van der Waals surface area contributed by atoms with E-state index < -0.39 is 0 Å². The molecule has 1 fully saturated rings. The second-order valence-electron chi connectivity index (χ2n) is 4.23. The fraction of sp³-hybridized carbons (Fsp3) is 0.727. The number of rotatable bonds is 4. The molecule has 0 radical (unpaired) electrons. The van der Waals surface area contributed by atoms with Crippen molar-refractivity contribution < 1.29 is 0 Å². The third-order valence-electron chi connectivity index (χ3n) is 3.11. The molecule has 0 bridgehead atoms. The van der Waals surface area contributed by atoms with Gasteiger partial charge < -0.3 is 5.32 Å². The second kappa shape index (κ2) is 4.41. The fourth-order valence-corrected chi connectivity index (χ4v) is 2.69. The molecule has 1 heterocycles. The Balaban J connectivity index is 1.82. The van der Waals surface area contributed by atoms with Crippen molar-refractivity contribution in [1.29, 1.82) is 0 Å². The first kappa shape index (κ1) is 10.1. The molecule has 0 aliphatic heterocycles. The van der Waals surface area contributed by atoms with E-state index >= 15 is 0 Å². The zero-order valence-corrected chi connectivity index (χ0v) is 9.73. The van der Waals surface area contributed by atoms with Crippen molar-refractivity contribution in [3.63, 3.8) is 0 Å². The maximum atomic E-state index is 4.28. The maximum Gasteiger partial charge on any atom is 0.0798 e. The lowest BCUT2D eigenvalue weighted by atomic mass is 9.85. The van der Waals surface area contributed by atoms with Crippen LogP contribution in [0.15, 0.2) is 5.51 Å². The van der Waals surface area contributed by atoms with E-state index in [9.17, 15) is 0 Å². The van der Waals surface area contributed by atoms with Crippen LogP contribution in [0.1, 0.15) is 42.8 Å². The Labute approximate surface area is 89.8 Å². The van der Waals surface area contributed by atoms with Gasteiger partial charge in [0.2, 0.25) is 0 Å². The highest BCUT2D eigenvalue weighted by molar-refractivity contribution is 7.09. The van der Waals surface area contributed by atoms with E-state index in [2.05, 4.69) is 24.1 Å². The van der Waals surface area contributed by atoms with Gasteiger partial charge in [0, 0.05) is 10.9 Å². The number of hydrogen-bond acceptors (Lipinski definition) is 3. The summed E-state index contributed by atoms with van der Waals surface area (Å²) in [4.78, 5) is 5.67. The summed E-state index contributed by atoms with van der Waals surface area (Å²) in [6.07, 6.45) is 4.27. The minimum atomic E-state index is 0.475. The Morgan fingerprint density at radius 3 is 2.93 bits per heavy atom. The van der Waals surface area contributed by atoms with Crippen LogP contribution in [-0.4, -0.2) is 11.5 Å². The SMILES string of the molecule is Cc1ncsc1C(C)NCC1CCC1. The Bertz CT molecular complexity index is 291. The zero-order valence-electron chi connectivity index (χ0n) is 8.92. The molecule has 1 unspecified atom stereocenters. The first-order valence-electron chi connectivity index (χ1n) is 5.40. The van der Waals surface area contributed by atoms with Gasteiger partial charge in [-0.25, -0.2) is 4.98 Å². The number of aromatic nitrogens is 1. The molecular weight excluding hydrogens is 192 g/mol. The third-order valence-corrected chi connectivity index (χ3v) is 4.23. The number of nitrogens with one attached hydrogen (secondary N) is 1. The summed E-state index contributed by atoms with van der Waals surface area (Å²) in [5.74, 6) is 0.936. The van der Waals surface area contributed by atoms with Gasteiger partial charge in [-0.1, -0.05) is 6.42 Å². The molecule has 0 aromatic carbocycles. The highest BCUT2D eigenvalue weighted by Gasteiger charge is 2.18. The van der Waals surface area contributed by atoms with E-state index in [1.807, 2.05) is 5.51 Å². The summed E-state index contributed by atoms with van der Waals surface area (Å²) in [7, 11) is 0. The van der Waals surface area contributed by atoms with Gasteiger partial charge in [0.05, 0.1) is 11.2 Å². The molecule has 2 nitrogen and oxygen atoms in total. The molecule has 1 saturated carbocycles. The van der Waals surface area contributed by atoms with Crippen molar-refractivity contribution in [2.75, 3.05) is 6.54 Å². The van der Waals surface area contributed by atoms with E-state index in [1.54, 1.807) is 11.3 Å². The van der Waals surface area contributed by atoms with Gasteiger partial charge >= 0.3 is 0 Å². The molecule has 14 heavy (non-hydrogen) atoms. The lowest BCUT2D eigenvalue weighted by Crippen LogP contribution is -2.29. The highest BCUT2D eigenvalue weighted by Crippen LogP contribution is 2.27. The van der Waals surface area contributed by atoms with E-state index in [4.69, 9.17) is 0 Å². The zero-order chi connectivity index (χ0) is 9.97. The van der Waals surface area contributed by atoms with Crippen LogP contribution in [0, 0.1) is 12.8 Å². The Morgan fingerprint density at radius 1 is 1.64 bits per heavy atom. The normalized spacial score (nSPS) is 19.3. The smallest absolute Gasteiger partial charge is 0.0798 e. The van der Waals surface area contributed by atoms with E-state index in [-0.39, 0.29) is 0 Å². The first-order chi connectivity index (χ1) is 6.77. The molecule has 0 spiro atoms. The molecule has 1 atom stereocenters. The molecule has 3 heteroatoms. The number of aryl methyl sites for hydroxylation is 1. The van der Waals surface area contributed by atoms with Crippen molar-refractivity contribution in [3.05, 3.63) is 16.1 Å². The van der Waals surface area contributed by atoms with Crippen molar-refractivity contribution in [2.24, 2.45) is 5.92 Å². The van der Waals surface area contributed by atoms with E-state index in [1.165, 1.54) is 36.4 Å². The number of nitrogens with zero attached hydrogens (tertiary/aromatic N) is 1. The molecule has 1 aliphatic rings. The van der Waals surface area contributed by atoms with Crippen molar-refractivity contribution in [2.45, 2.75) is 39.2 Å². The monoisotopic (exact) mass is 210 g/mol. The standard InChI is InChI=1S/C11H18N2S/c1-8(11-9(2)13-7-14-11)12-6-10-4-3-5-10/h7-8,10,12H,3-6H2,1-2H3. The predicted molar refractivity (Wildman–Crippen MR) is 60.6 cm³/mol. The maximum absolute atomic E-state index is 4.28. The minimum absolute atomic E-state index is 0.475. The van der Waals surface area contributed by atoms with Gasteiger partial charge in [-0.3, -0.25) is 0 Å². The summed E-state index contributed by atoms with van der Waals surface area (Å²) in [6, 6.07) is 0.475. The van der Waals surface area contributed by atoms with Crippen molar-refractivity contribution >= 4 is 11.3 Å². The van der Waals surface area contributed by atoms with Crippen LogP contribution in [0.2, 0.25) is 0 Å². The van der Waals surface area contributed by atoms with Crippen molar-refractivity contribution in [3.8, 4) is 0 Å². The Kier molecular flexibility index (Phi) is 3.19. The quantitative estimate of drug-likeness (QED) is 0.826. The summed E-state index contributed by atoms with van der Waals surface area (Å²) < 4.78 is 0. The molecule has 2 rings (SSSR count). The third kappa shape index (κ3) is 2.15. The Morgan fingerprint density at radius 2 is 2.43 bits per heavy atom. The van der Waals surface area contributed by atoms with Crippen LogP contribution < -0.4 is 5.32 Å². The highest BCUT2D eigenvalue weighted by atomic mass is 32.1. The van der Waals surface area contributed by atoms with Crippen LogP contribution in [0.3, 0.4) is 0 Å². The van der Waals surface area contributed by atoms with Crippen LogP contribution >= 0.6 is 11.3 Å². The predicted octanol–water partition coefficient (Wildman–Crippen LogP) is 2.90.